The minimum Gasteiger partial charge on any atom is -0.418 e. The van der Waals surface area contributed by atoms with Crippen molar-refractivity contribution in [1.82, 2.24) is 15.2 Å². The first kappa shape index (κ1) is 21.3. The summed E-state index contributed by atoms with van der Waals surface area (Å²) >= 11 is 0. The first-order valence-electron chi connectivity index (χ1n) is 12.1. The number of rotatable bonds is 5. The number of carbonyl (C=O) groups excluding carboxylic acids is 1. The summed E-state index contributed by atoms with van der Waals surface area (Å²) in [6.07, 6.45) is 7.61. The molecule has 32 heavy (non-hydrogen) atoms. The van der Waals surface area contributed by atoms with Crippen LogP contribution >= 0.6 is 0 Å². The van der Waals surface area contributed by atoms with Crippen LogP contribution in [0, 0.1) is 12.8 Å². The average molecular weight is 438 g/mol. The van der Waals surface area contributed by atoms with E-state index in [1.54, 1.807) is 12.6 Å². The number of nitrogens with zero attached hydrogens (tertiary/aromatic N) is 3. The van der Waals surface area contributed by atoms with E-state index in [1.165, 1.54) is 56.3 Å². The van der Waals surface area contributed by atoms with E-state index in [-0.39, 0.29) is 11.7 Å². The summed E-state index contributed by atoms with van der Waals surface area (Å²) in [5.41, 5.74) is 4.58. The molecule has 5 rings (SSSR count). The van der Waals surface area contributed by atoms with Gasteiger partial charge in [-0.1, -0.05) is 12.1 Å². The van der Waals surface area contributed by atoms with E-state index < -0.39 is 0 Å². The molecule has 0 saturated carbocycles. The van der Waals surface area contributed by atoms with Crippen LogP contribution < -0.4 is 15.5 Å². The van der Waals surface area contributed by atoms with Crippen molar-refractivity contribution in [3.63, 3.8) is 0 Å². The van der Waals surface area contributed by atoms with Crippen LogP contribution in [0.15, 0.2) is 28.8 Å². The Kier molecular flexibility index (Phi) is 5.84. The topological polar surface area (TPSA) is 73.6 Å². The maximum absolute atomic E-state index is 11.7. The molecule has 7 nitrogen and oxygen atoms in total. The maximum Gasteiger partial charge on any atom is 0.297 e. The molecule has 1 aromatic heterocycles. The van der Waals surface area contributed by atoms with Gasteiger partial charge in [0.15, 0.2) is 0 Å². The van der Waals surface area contributed by atoms with Crippen molar-refractivity contribution >= 4 is 17.6 Å². The van der Waals surface area contributed by atoms with Gasteiger partial charge in [0.05, 0.1) is 6.20 Å². The summed E-state index contributed by atoms with van der Waals surface area (Å²) in [6, 6.07) is 7.51. The van der Waals surface area contributed by atoms with Crippen molar-refractivity contribution in [3.8, 4) is 0 Å². The number of hydrogen-bond acceptors (Lipinski definition) is 6. The second-order valence-corrected chi connectivity index (χ2v) is 9.83. The standard InChI is InChI=1S/C25H35N5O2/c1-18-3-4-20-21(15-18)28-17-25(20)8-13-29(14-9-25)10-5-19-6-11-30(12-7-19)24-27-16-22(32-24)23(31)26-2/h3-4,15-16,19,28H,5-14,17H2,1-2H3,(H,26,31). The van der Waals surface area contributed by atoms with Crippen molar-refractivity contribution in [3.05, 3.63) is 41.3 Å². The van der Waals surface area contributed by atoms with Crippen molar-refractivity contribution in [1.29, 1.82) is 0 Å². The minimum atomic E-state index is -0.228. The van der Waals surface area contributed by atoms with Crippen LogP contribution in [-0.2, 0) is 5.41 Å². The Morgan fingerprint density at radius 1 is 1.25 bits per heavy atom. The summed E-state index contributed by atoms with van der Waals surface area (Å²) in [7, 11) is 1.60. The molecule has 0 atom stereocenters. The van der Waals surface area contributed by atoms with Crippen molar-refractivity contribution < 1.29 is 9.21 Å². The first-order chi connectivity index (χ1) is 15.6. The number of benzene rings is 1. The van der Waals surface area contributed by atoms with E-state index in [0.29, 0.717) is 11.4 Å². The summed E-state index contributed by atoms with van der Waals surface area (Å²) < 4.78 is 5.63. The molecule has 2 saturated heterocycles. The van der Waals surface area contributed by atoms with Gasteiger partial charge in [0.2, 0.25) is 5.76 Å². The third kappa shape index (κ3) is 4.10. The number of likely N-dealkylation sites (tertiary alicyclic amines) is 1. The van der Waals surface area contributed by atoms with Crippen LogP contribution in [0.25, 0.3) is 0 Å². The summed E-state index contributed by atoms with van der Waals surface area (Å²) in [4.78, 5) is 20.8. The van der Waals surface area contributed by atoms with Gasteiger partial charge in [-0.15, -0.1) is 0 Å². The molecule has 7 heteroatoms. The summed E-state index contributed by atoms with van der Waals surface area (Å²) in [6.45, 7) is 8.77. The highest BCUT2D eigenvalue weighted by molar-refractivity contribution is 5.91. The van der Waals surface area contributed by atoms with Crippen LogP contribution in [0.4, 0.5) is 11.7 Å². The van der Waals surface area contributed by atoms with E-state index >= 15 is 0 Å². The Bertz CT molecular complexity index is 955. The van der Waals surface area contributed by atoms with Crippen LogP contribution in [-0.4, -0.2) is 62.1 Å². The molecular weight excluding hydrogens is 402 g/mol. The second kappa shape index (κ2) is 8.77. The molecule has 1 aromatic carbocycles. The highest BCUT2D eigenvalue weighted by Crippen LogP contribution is 2.44. The zero-order valence-electron chi connectivity index (χ0n) is 19.3. The maximum atomic E-state index is 11.7. The van der Waals surface area contributed by atoms with E-state index in [2.05, 4.69) is 50.5 Å². The fourth-order valence-electron chi connectivity index (χ4n) is 5.69. The number of nitrogens with one attached hydrogen (secondary N) is 2. The fourth-order valence-corrected chi connectivity index (χ4v) is 5.69. The van der Waals surface area contributed by atoms with E-state index in [0.717, 1.165) is 38.4 Å². The Hall–Kier alpha value is -2.54. The molecule has 1 amide bonds. The molecule has 0 radical (unpaired) electrons. The number of aryl methyl sites for hydroxylation is 1. The number of anilines is 2. The normalized spacial score (nSPS) is 20.9. The zero-order valence-corrected chi connectivity index (χ0v) is 19.3. The predicted octanol–water partition coefficient (Wildman–Crippen LogP) is 3.41. The third-order valence-electron chi connectivity index (χ3n) is 7.86. The molecule has 1 spiro atoms. The number of piperidine rings is 2. The van der Waals surface area contributed by atoms with Gasteiger partial charge in [0.25, 0.3) is 11.9 Å². The van der Waals surface area contributed by atoms with E-state index in [9.17, 15) is 4.79 Å². The Balaban J connectivity index is 1.07. The molecule has 2 N–H and O–H groups in total. The molecule has 0 bridgehead atoms. The number of fused-ring (bicyclic) bond motifs is 2. The van der Waals surface area contributed by atoms with Crippen LogP contribution in [0.3, 0.4) is 0 Å². The first-order valence-corrected chi connectivity index (χ1v) is 12.1. The highest BCUT2D eigenvalue weighted by Gasteiger charge is 2.41. The van der Waals surface area contributed by atoms with E-state index in [1.807, 2.05) is 0 Å². The van der Waals surface area contributed by atoms with E-state index in [4.69, 9.17) is 4.42 Å². The Morgan fingerprint density at radius 2 is 2.03 bits per heavy atom. The van der Waals surface area contributed by atoms with Crippen molar-refractivity contribution in [2.45, 2.75) is 44.4 Å². The Labute approximate surface area is 190 Å². The SMILES string of the molecule is CNC(=O)c1cnc(N2CCC(CCN3CCC4(CC3)CNc3cc(C)ccc34)CC2)o1. The van der Waals surface area contributed by atoms with Gasteiger partial charge in [-0.3, -0.25) is 4.79 Å². The lowest BCUT2D eigenvalue weighted by Gasteiger charge is -2.40. The molecule has 0 aliphatic carbocycles. The van der Waals surface area contributed by atoms with Gasteiger partial charge in [-0.2, -0.15) is 0 Å². The number of amides is 1. The lowest BCUT2D eigenvalue weighted by Crippen LogP contribution is -2.44. The van der Waals surface area contributed by atoms with Crippen LogP contribution in [0.5, 0.6) is 0 Å². The monoisotopic (exact) mass is 437 g/mol. The van der Waals surface area contributed by atoms with Crippen molar-refractivity contribution in [2.75, 3.05) is 56.5 Å². The zero-order chi connectivity index (χ0) is 22.1. The molecule has 4 heterocycles. The van der Waals surface area contributed by atoms with Crippen LogP contribution in [0.2, 0.25) is 0 Å². The smallest absolute Gasteiger partial charge is 0.297 e. The van der Waals surface area contributed by atoms with Crippen molar-refractivity contribution in [2.24, 2.45) is 5.92 Å². The number of carbonyl (C=O) groups is 1. The lowest BCUT2D eigenvalue weighted by atomic mass is 9.74. The molecule has 0 unspecified atom stereocenters. The molecular formula is C25H35N5O2. The largest absolute Gasteiger partial charge is 0.418 e. The van der Waals surface area contributed by atoms with Gasteiger partial charge in [-0.05, 0) is 81.8 Å². The fraction of sp³-hybridized carbons (Fsp3) is 0.600. The highest BCUT2D eigenvalue weighted by atomic mass is 16.4. The quantitative estimate of drug-likeness (QED) is 0.747. The second-order valence-electron chi connectivity index (χ2n) is 9.83. The molecule has 2 fully saturated rings. The van der Waals surface area contributed by atoms with Gasteiger partial charge in [0.1, 0.15) is 0 Å². The average Bonchev–Trinajstić information content (AvgIpc) is 3.44. The Morgan fingerprint density at radius 3 is 2.78 bits per heavy atom. The number of oxazole rings is 1. The third-order valence-corrected chi connectivity index (χ3v) is 7.86. The minimum absolute atomic E-state index is 0.228. The predicted molar refractivity (Wildman–Crippen MR) is 126 cm³/mol. The van der Waals surface area contributed by atoms with Crippen LogP contribution in [0.1, 0.15) is 53.8 Å². The number of aromatic nitrogens is 1. The summed E-state index contributed by atoms with van der Waals surface area (Å²) in [5.74, 6) is 0.809. The van der Waals surface area contributed by atoms with Gasteiger partial charge in [-0.25, -0.2) is 4.98 Å². The number of hydrogen-bond donors (Lipinski definition) is 2. The lowest BCUT2D eigenvalue weighted by molar-refractivity contribution is 0.0936. The summed E-state index contributed by atoms with van der Waals surface area (Å²) in [5, 5.41) is 6.25. The molecule has 3 aliphatic heterocycles. The van der Waals surface area contributed by atoms with Gasteiger partial charge in [0, 0.05) is 37.8 Å². The molecule has 3 aliphatic rings. The van der Waals surface area contributed by atoms with Gasteiger partial charge < -0.3 is 24.9 Å². The molecule has 172 valence electrons. The van der Waals surface area contributed by atoms with Gasteiger partial charge >= 0.3 is 0 Å². The molecule has 2 aromatic rings.